The normalized spacial score (nSPS) is 12.3. The molecule has 2 aromatic carbocycles. The zero-order valence-corrected chi connectivity index (χ0v) is 13.7. The van der Waals surface area contributed by atoms with Gasteiger partial charge in [-0.2, -0.15) is 0 Å². The molecule has 0 radical (unpaired) electrons. The van der Waals surface area contributed by atoms with E-state index >= 15 is 0 Å². The van der Waals surface area contributed by atoms with Gasteiger partial charge in [-0.3, -0.25) is 4.90 Å². The van der Waals surface area contributed by atoms with Gasteiger partial charge in [0.1, 0.15) is 11.6 Å². The van der Waals surface area contributed by atoms with E-state index in [1.54, 1.807) is 6.08 Å². The molecule has 0 spiro atoms. The Morgan fingerprint density at radius 3 is 2.50 bits per heavy atom. The van der Waals surface area contributed by atoms with Crippen molar-refractivity contribution in [3.05, 3.63) is 83.9 Å². The highest BCUT2D eigenvalue weighted by Crippen LogP contribution is 2.15. The Morgan fingerprint density at radius 2 is 1.83 bits per heavy atom. The van der Waals surface area contributed by atoms with E-state index in [0.29, 0.717) is 31.6 Å². The van der Waals surface area contributed by atoms with Crippen LogP contribution in [0.4, 0.5) is 8.78 Å². The van der Waals surface area contributed by atoms with E-state index in [2.05, 4.69) is 6.58 Å². The lowest BCUT2D eigenvalue weighted by Crippen LogP contribution is -2.32. The fraction of sp³-hybridized carbons (Fsp3) is 0.300. The quantitative estimate of drug-likeness (QED) is 0.693. The first kappa shape index (κ1) is 18.3. The fourth-order valence-corrected chi connectivity index (χ4v) is 2.62. The van der Waals surface area contributed by atoms with E-state index in [1.165, 1.54) is 12.1 Å². The maximum atomic E-state index is 13.9. The van der Waals surface area contributed by atoms with Gasteiger partial charge in [-0.05, 0) is 24.5 Å². The van der Waals surface area contributed by atoms with Gasteiger partial charge < -0.3 is 5.11 Å². The lowest BCUT2D eigenvalue weighted by Gasteiger charge is -2.25. The summed E-state index contributed by atoms with van der Waals surface area (Å²) in [5.41, 5.74) is 1.50. The summed E-state index contributed by atoms with van der Waals surface area (Å²) in [7, 11) is 0. The van der Waals surface area contributed by atoms with Crippen molar-refractivity contribution in [2.75, 3.05) is 6.54 Å². The molecule has 128 valence electrons. The van der Waals surface area contributed by atoms with Crippen LogP contribution in [0.25, 0.3) is 0 Å². The maximum absolute atomic E-state index is 13.9. The number of hydrogen-bond donors (Lipinski definition) is 1. The van der Waals surface area contributed by atoms with Crippen molar-refractivity contribution in [2.24, 2.45) is 0 Å². The van der Waals surface area contributed by atoms with Gasteiger partial charge >= 0.3 is 0 Å². The topological polar surface area (TPSA) is 23.5 Å². The Labute approximate surface area is 142 Å². The number of allylic oxidation sites excluding steroid dienone is 1. The van der Waals surface area contributed by atoms with Crippen LogP contribution in [0.3, 0.4) is 0 Å². The molecule has 0 aromatic heterocycles. The first-order valence-electron chi connectivity index (χ1n) is 8.07. The highest BCUT2D eigenvalue weighted by atomic mass is 19.1. The van der Waals surface area contributed by atoms with E-state index in [-0.39, 0.29) is 0 Å². The molecule has 0 fully saturated rings. The fourth-order valence-electron chi connectivity index (χ4n) is 2.62. The minimum Gasteiger partial charge on any atom is -0.392 e. The van der Waals surface area contributed by atoms with Crippen LogP contribution < -0.4 is 0 Å². The summed E-state index contributed by atoms with van der Waals surface area (Å²) in [6.07, 6.45) is 2.59. The van der Waals surface area contributed by atoms with Crippen molar-refractivity contribution >= 4 is 0 Å². The molecule has 2 rings (SSSR count). The van der Waals surface area contributed by atoms with Gasteiger partial charge in [0.25, 0.3) is 0 Å². The summed E-state index contributed by atoms with van der Waals surface area (Å²) in [5, 5.41) is 10.2. The highest BCUT2D eigenvalue weighted by Gasteiger charge is 2.15. The SMILES string of the molecule is C=CCC[C@@H](O)CN(Cc1ccccc1)Cc1ccc(F)cc1F. The monoisotopic (exact) mass is 331 g/mol. The van der Waals surface area contributed by atoms with Crippen LogP contribution in [0, 0.1) is 11.6 Å². The molecule has 2 nitrogen and oxygen atoms in total. The molecule has 24 heavy (non-hydrogen) atoms. The number of benzene rings is 2. The Kier molecular flexibility index (Phi) is 7.09. The average molecular weight is 331 g/mol. The molecule has 0 heterocycles. The van der Waals surface area contributed by atoms with Crippen LogP contribution in [0.5, 0.6) is 0 Å². The standard InChI is InChI=1S/C20H23F2NO/c1-2-3-9-19(24)15-23(13-16-7-5-4-6-8-16)14-17-10-11-18(21)12-20(17)22/h2,4-8,10-12,19,24H,1,3,9,13-15H2/t19-/m1/s1. The van der Waals surface area contributed by atoms with Gasteiger partial charge in [-0.1, -0.05) is 42.5 Å². The minimum atomic E-state index is -0.586. The van der Waals surface area contributed by atoms with Crippen LogP contribution in [0.15, 0.2) is 61.2 Å². The second kappa shape index (κ2) is 9.30. The van der Waals surface area contributed by atoms with Gasteiger partial charge in [-0.15, -0.1) is 6.58 Å². The minimum absolute atomic E-state index is 0.312. The first-order chi connectivity index (χ1) is 11.6. The molecule has 0 unspecified atom stereocenters. The molecule has 2 aromatic rings. The number of halogens is 2. The summed E-state index contributed by atoms with van der Waals surface area (Å²) >= 11 is 0. The van der Waals surface area contributed by atoms with Crippen molar-refractivity contribution in [3.63, 3.8) is 0 Å². The second-order valence-electron chi connectivity index (χ2n) is 5.91. The molecule has 4 heteroatoms. The molecular weight excluding hydrogens is 308 g/mol. The largest absolute Gasteiger partial charge is 0.392 e. The van der Waals surface area contributed by atoms with Crippen molar-refractivity contribution in [1.29, 1.82) is 0 Å². The Hall–Kier alpha value is -2.04. The van der Waals surface area contributed by atoms with Crippen LogP contribution >= 0.6 is 0 Å². The predicted octanol–water partition coefficient (Wildman–Crippen LogP) is 4.29. The maximum Gasteiger partial charge on any atom is 0.130 e. The summed E-state index contributed by atoms with van der Waals surface area (Å²) < 4.78 is 27.0. The van der Waals surface area contributed by atoms with Crippen LogP contribution in [-0.4, -0.2) is 22.7 Å². The van der Waals surface area contributed by atoms with Gasteiger partial charge in [0.2, 0.25) is 0 Å². The van der Waals surface area contributed by atoms with Gasteiger partial charge in [0.05, 0.1) is 6.10 Å². The van der Waals surface area contributed by atoms with Crippen molar-refractivity contribution in [2.45, 2.75) is 32.0 Å². The van der Waals surface area contributed by atoms with Gasteiger partial charge in [0.15, 0.2) is 0 Å². The van der Waals surface area contributed by atoms with Crippen LogP contribution in [-0.2, 0) is 13.1 Å². The molecular formula is C20H23F2NO. The third-order valence-electron chi connectivity index (χ3n) is 3.83. The number of aliphatic hydroxyl groups is 1. The van der Waals surface area contributed by atoms with Crippen molar-refractivity contribution < 1.29 is 13.9 Å². The van der Waals surface area contributed by atoms with E-state index < -0.39 is 17.7 Å². The number of rotatable bonds is 9. The molecule has 0 aliphatic carbocycles. The average Bonchev–Trinajstić information content (AvgIpc) is 2.56. The predicted molar refractivity (Wildman–Crippen MR) is 92.4 cm³/mol. The molecule has 1 atom stereocenters. The molecule has 0 saturated carbocycles. The Balaban J connectivity index is 2.10. The van der Waals surface area contributed by atoms with E-state index in [1.807, 2.05) is 35.2 Å². The lowest BCUT2D eigenvalue weighted by molar-refractivity contribution is 0.0977. The number of nitrogens with zero attached hydrogens (tertiary/aromatic N) is 1. The molecule has 0 aliphatic rings. The summed E-state index contributed by atoms with van der Waals surface area (Å²) in [6.45, 7) is 4.97. The van der Waals surface area contributed by atoms with Crippen LogP contribution in [0.1, 0.15) is 24.0 Å². The molecule has 0 saturated heterocycles. The summed E-state index contributed by atoms with van der Waals surface area (Å²) in [6, 6.07) is 13.4. The second-order valence-corrected chi connectivity index (χ2v) is 5.91. The third kappa shape index (κ3) is 5.87. The molecule has 1 N–H and O–H groups in total. The molecule has 0 bridgehead atoms. The van der Waals surface area contributed by atoms with Crippen LogP contribution in [0.2, 0.25) is 0 Å². The highest BCUT2D eigenvalue weighted by molar-refractivity contribution is 5.19. The summed E-state index contributed by atoms with van der Waals surface area (Å²) in [5.74, 6) is -1.15. The smallest absolute Gasteiger partial charge is 0.130 e. The number of aliphatic hydroxyl groups excluding tert-OH is 1. The van der Waals surface area contributed by atoms with Crippen molar-refractivity contribution in [3.8, 4) is 0 Å². The summed E-state index contributed by atoms with van der Waals surface area (Å²) in [4.78, 5) is 1.97. The number of hydrogen-bond acceptors (Lipinski definition) is 2. The first-order valence-corrected chi connectivity index (χ1v) is 8.07. The van der Waals surface area contributed by atoms with E-state index in [4.69, 9.17) is 0 Å². The Bertz CT molecular complexity index is 645. The zero-order valence-electron chi connectivity index (χ0n) is 13.7. The van der Waals surface area contributed by atoms with Gasteiger partial charge in [-0.25, -0.2) is 8.78 Å². The third-order valence-corrected chi connectivity index (χ3v) is 3.83. The van der Waals surface area contributed by atoms with Crippen molar-refractivity contribution in [1.82, 2.24) is 4.90 Å². The molecule has 0 aliphatic heterocycles. The van der Waals surface area contributed by atoms with Gasteiger partial charge in [0, 0.05) is 31.3 Å². The van der Waals surface area contributed by atoms with E-state index in [9.17, 15) is 13.9 Å². The lowest BCUT2D eigenvalue weighted by atomic mass is 10.1. The Morgan fingerprint density at radius 1 is 1.08 bits per heavy atom. The molecule has 0 amide bonds. The zero-order chi connectivity index (χ0) is 17.4. The van der Waals surface area contributed by atoms with E-state index in [0.717, 1.165) is 18.1 Å².